The first-order valence-corrected chi connectivity index (χ1v) is 13.8. The summed E-state index contributed by atoms with van der Waals surface area (Å²) >= 11 is 1.08. The summed E-state index contributed by atoms with van der Waals surface area (Å²) < 4.78 is 28.4. The van der Waals surface area contributed by atoms with Gasteiger partial charge in [-0.3, -0.25) is 14.3 Å². The van der Waals surface area contributed by atoms with E-state index in [1.807, 2.05) is 36.0 Å². The number of hydrogen-bond acceptors (Lipinski definition) is 7. The van der Waals surface area contributed by atoms with Crippen molar-refractivity contribution >= 4 is 49.5 Å². The number of pyridine rings is 2. The monoisotopic (exact) mass is 545 g/mol. The second kappa shape index (κ2) is 10.1. The molecule has 0 fully saturated rings. The van der Waals surface area contributed by atoms with Crippen molar-refractivity contribution in [2.24, 2.45) is 0 Å². The Morgan fingerprint density at radius 3 is 2.29 bits per heavy atom. The van der Waals surface area contributed by atoms with Crippen molar-refractivity contribution in [1.29, 1.82) is 0 Å². The van der Waals surface area contributed by atoms with Crippen LogP contribution >= 0.6 is 11.3 Å². The van der Waals surface area contributed by atoms with Crippen molar-refractivity contribution in [3.8, 4) is 16.8 Å². The lowest BCUT2D eigenvalue weighted by atomic mass is 10.0. The third-order valence-corrected chi connectivity index (χ3v) is 8.73. The molecule has 0 atom stereocenters. The van der Waals surface area contributed by atoms with E-state index in [-0.39, 0.29) is 9.77 Å². The fourth-order valence-corrected chi connectivity index (χ4v) is 6.23. The number of benzene rings is 2. The van der Waals surface area contributed by atoms with Gasteiger partial charge in [-0.05, 0) is 84.6 Å². The van der Waals surface area contributed by atoms with Gasteiger partial charge in [-0.25, -0.2) is 17.9 Å². The molecule has 0 saturated heterocycles. The lowest BCUT2D eigenvalue weighted by molar-refractivity contribution is 0.256. The first-order valence-electron chi connectivity index (χ1n) is 11.5. The van der Waals surface area contributed by atoms with Gasteiger partial charge in [-0.15, -0.1) is 11.3 Å². The quantitative estimate of drug-likeness (QED) is 0.277. The largest absolute Gasteiger partial charge is 0.388 e. The molecule has 11 heteroatoms. The van der Waals surface area contributed by atoms with Crippen LogP contribution in [0.5, 0.6) is 0 Å². The highest BCUT2D eigenvalue weighted by Gasteiger charge is 2.19. The number of nitrogens with one attached hydrogen (secondary N) is 3. The van der Waals surface area contributed by atoms with E-state index in [4.69, 9.17) is 0 Å². The van der Waals surface area contributed by atoms with Crippen LogP contribution in [0.2, 0.25) is 0 Å². The smallest absolute Gasteiger partial charge is 0.333 e. The Morgan fingerprint density at radius 2 is 1.63 bits per heavy atom. The maximum atomic E-state index is 13.5. The van der Waals surface area contributed by atoms with Crippen LogP contribution in [0.3, 0.4) is 0 Å². The fourth-order valence-electron chi connectivity index (χ4n) is 4.04. The summed E-state index contributed by atoms with van der Waals surface area (Å²) in [6, 6.07) is 18.1. The third kappa shape index (κ3) is 5.01. The van der Waals surface area contributed by atoms with Gasteiger partial charge >= 0.3 is 6.03 Å². The molecule has 2 amide bonds. The number of carbonyl (C=O) groups is 1. The molecule has 3 N–H and O–H groups in total. The molecule has 0 unspecified atom stereocenters. The standard InChI is InChI=1S/C27H23N5O4S2/c1-17-3-10-25(37-17)38(35,36)31-27(34)30-19-4-7-21(8-5-19)32-16-24(18-11-13-29-14-12-18)23-15-20(28-2)6-9-22(23)26(32)33/h3-16,28H,1-2H3,(H2,30,31,34). The molecule has 0 aliphatic rings. The summed E-state index contributed by atoms with van der Waals surface area (Å²) in [5, 5.41) is 6.99. The van der Waals surface area contributed by atoms with E-state index in [0.717, 1.165) is 38.4 Å². The highest BCUT2D eigenvalue weighted by molar-refractivity contribution is 7.92. The van der Waals surface area contributed by atoms with Gasteiger partial charge in [0.15, 0.2) is 0 Å². The predicted molar refractivity (Wildman–Crippen MR) is 151 cm³/mol. The van der Waals surface area contributed by atoms with Gasteiger partial charge in [0.2, 0.25) is 0 Å². The summed E-state index contributed by atoms with van der Waals surface area (Å²) in [4.78, 5) is 30.7. The average Bonchev–Trinajstić information content (AvgIpc) is 3.37. The first-order chi connectivity index (χ1) is 18.2. The Kier molecular flexibility index (Phi) is 6.70. The Hall–Kier alpha value is -4.48. The normalized spacial score (nSPS) is 11.3. The SMILES string of the molecule is CNc1ccc2c(=O)n(-c3ccc(NC(=O)NS(=O)(=O)c4ccc(C)s4)cc3)cc(-c3ccncc3)c2c1. The van der Waals surface area contributed by atoms with Crippen molar-refractivity contribution in [2.45, 2.75) is 11.1 Å². The van der Waals surface area contributed by atoms with Gasteiger partial charge in [0, 0.05) is 58.5 Å². The molecule has 0 aliphatic heterocycles. The lowest BCUT2D eigenvalue weighted by Crippen LogP contribution is -2.33. The molecule has 0 radical (unpaired) electrons. The molecule has 38 heavy (non-hydrogen) atoms. The second-order valence-electron chi connectivity index (χ2n) is 8.44. The number of carbonyl (C=O) groups excluding carboxylic acids is 1. The average molecular weight is 546 g/mol. The number of sulfonamides is 1. The molecule has 2 aromatic carbocycles. The van der Waals surface area contributed by atoms with Crippen LogP contribution in [0.25, 0.3) is 27.6 Å². The van der Waals surface area contributed by atoms with E-state index >= 15 is 0 Å². The van der Waals surface area contributed by atoms with Crippen molar-refractivity contribution in [1.82, 2.24) is 14.3 Å². The molecule has 0 bridgehead atoms. The summed E-state index contributed by atoms with van der Waals surface area (Å²) in [6.45, 7) is 1.78. The zero-order chi connectivity index (χ0) is 26.9. The van der Waals surface area contributed by atoms with E-state index in [9.17, 15) is 18.0 Å². The number of fused-ring (bicyclic) bond motifs is 1. The van der Waals surface area contributed by atoms with Crippen LogP contribution < -0.4 is 20.9 Å². The van der Waals surface area contributed by atoms with Gasteiger partial charge in [-0.2, -0.15) is 0 Å². The molecule has 5 aromatic rings. The zero-order valence-corrected chi connectivity index (χ0v) is 22.1. The summed E-state index contributed by atoms with van der Waals surface area (Å²) in [6.07, 6.45) is 5.18. The molecular formula is C27H23N5O4S2. The van der Waals surface area contributed by atoms with E-state index < -0.39 is 16.1 Å². The van der Waals surface area contributed by atoms with Gasteiger partial charge in [0.05, 0.1) is 0 Å². The van der Waals surface area contributed by atoms with Gasteiger partial charge in [0.25, 0.3) is 15.6 Å². The van der Waals surface area contributed by atoms with E-state index in [1.165, 1.54) is 6.07 Å². The number of aryl methyl sites for hydroxylation is 1. The van der Waals surface area contributed by atoms with Crippen molar-refractivity contribution in [2.75, 3.05) is 17.7 Å². The third-order valence-electron chi connectivity index (χ3n) is 5.91. The number of anilines is 2. The molecule has 5 rings (SSSR count). The van der Waals surface area contributed by atoms with Crippen LogP contribution in [0, 0.1) is 6.92 Å². The zero-order valence-electron chi connectivity index (χ0n) is 20.4. The molecule has 0 saturated carbocycles. The minimum Gasteiger partial charge on any atom is -0.388 e. The van der Waals surface area contributed by atoms with Gasteiger partial charge in [0.1, 0.15) is 4.21 Å². The van der Waals surface area contributed by atoms with Crippen LogP contribution in [0.15, 0.2) is 94.3 Å². The van der Waals surface area contributed by atoms with E-state index in [1.54, 1.807) is 66.5 Å². The summed E-state index contributed by atoms with van der Waals surface area (Å²) in [7, 11) is -2.15. The Balaban J connectivity index is 1.46. The van der Waals surface area contributed by atoms with Crippen molar-refractivity contribution in [3.63, 3.8) is 0 Å². The Morgan fingerprint density at radius 1 is 0.921 bits per heavy atom. The van der Waals surface area contributed by atoms with Crippen LogP contribution in [-0.4, -0.2) is 31.0 Å². The predicted octanol–water partition coefficient (Wildman–Crippen LogP) is 4.97. The summed E-state index contributed by atoms with van der Waals surface area (Å²) in [5.74, 6) is 0. The van der Waals surface area contributed by atoms with Crippen LogP contribution in [-0.2, 0) is 10.0 Å². The number of urea groups is 1. The van der Waals surface area contributed by atoms with Crippen molar-refractivity contribution in [3.05, 3.63) is 101 Å². The number of aromatic nitrogens is 2. The number of hydrogen-bond donors (Lipinski definition) is 3. The van der Waals surface area contributed by atoms with E-state index in [0.29, 0.717) is 16.8 Å². The van der Waals surface area contributed by atoms with Gasteiger partial charge in [-0.1, -0.05) is 0 Å². The molecule has 0 spiro atoms. The first kappa shape index (κ1) is 25.2. The van der Waals surface area contributed by atoms with Gasteiger partial charge < -0.3 is 10.6 Å². The second-order valence-corrected chi connectivity index (χ2v) is 11.6. The maximum Gasteiger partial charge on any atom is 0.333 e. The van der Waals surface area contributed by atoms with E-state index in [2.05, 4.69) is 15.6 Å². The lowest BCUT2D eigenvalue weighted by Gasteiger charge is -2.14. The number of nitrogens with zero attached hydrogens (tertiary/aromatic N) is 2. The fraction of sp³-hybridized carbons (Fsp3) is 0.0741. The molecule has 0 aliphatic carbocycles. The minimum absolute atomic E-state index is 0.0583. The maximum absolute atomic E-state index is 13.5. The van der Waals surface area contributed by atoms with Crippen LogP contribution in [0.4, 0.5) is 16.2 Å². The molecule has 192 valence electrons. The molecule has 9 nitrogen and oxygen atoms in total. The topological polar surface area (TPSA) is 122 Å². The number of amides is 2. The molecule has 3 aromatic heterocycles. The summed E-state index contributed by atoms with van der Waals surface area (Å²) in [5.41, 5.74) is 3.40. The van der Waals surface area contributed by atoms with Crippen LogP contribution in [0.1, 0.15) is 4.88 Å². The van der Waals surface area contributed by atoms with Crippen molar-refractivity contribution < 1.29 is 13.2 Å². The number of rotatable bonds is 6. The Labute approximate surface area is 222 Å². The Bertz CT molecular complexity index is 1810. The molecule has 3 heterocycles. The number of thiophene rings is 1. The highest BCUT2D eigenvalue weighted by Crippen LogP contribution is 2.29. The highest BCUT2D eigenvalue weighted by atomic mass is 32.2. The minimum atomic E-state index is -3.97. The molecular weight excluding hydrogens is 522 g/mol.